The van der Waals surface area contributed by atoms with E-state index < -0.39 is 11.4 Å². The van der Waals surface area contributed by atoms with Crippen LogP contribution in [0.2, 0.25) is 0 Å². The molecule has 1 fully saturated rings. The summed E-state index contributed by atoms with van der Waals surface area (Å²) in [7, 11) is 0. The van der Waals surface area contributed by atoms with Crippen LogP contribution in [0.5, 0.6) is 0 Å². The number of rotatable bonds is 7. The summed E-state index contributed by atoms with van der Waals surface area (Å²) < 4.78 is 5.56. The average Bonchev–Trinajstić information content (AvgIpc) is 2.31. The van der Waals surface area contributed by atoms with E-state index in [-0.39, 0.29) is 0 Å². The second kappa shape index (κ2) is 8.52. The third-order valence-electron chi connectivity index (χ3n) is 4.13. The highest BCUT2D eigenvalue weighted by Crippen LogP contribution is 2.37. The highest BCUT2D eigenvalue weighted by atomic mass is 16.5. The highest BCUT2D eigenvalue weighted by Gasteiger charge is 2.37. The number of aliphatic carboxylic acids is 1. The normalized spacial score (nSPS) is 20.1. The molecule has 1 aliphatic rings. The third kappa shape index (κ3) is 4.97. The fourth-order valence-electron chi connectivity index (χ4n) is 2.77. The van der Waals surface area contributed by atoms with Crippen LogP contribution in [0.1, 0.15) is 71.1 Å². The molecule has 18 heavy (non-hydrogen) atoms. The summed E-state index contributed by atoms with van der Waals surface area (Å²) in [4.78, 5) is 11.6. The van der Waals surface area contributed by atoms with Crippen LogP contribution < -0.4 is 0 Å². The first-order valence-electron chi connectivity index (χ1n) is 7.52. The van der Waals surface area contributed by atoms with Crippen molar-refractivity contribution in [1.82, 2.24) is 0 Å². The zero-order valence-electron chi connectivity index (χ0n) is 11.7. The van der Waals surface area contributed by atoms with Gasteiger partial charge in [-0.3, -0.25) is 4.79 Å². The zero-order chi connectivity index (χ0) is 13.3. The molecule has 0 aromatic carbocycles. The van der Waals surface area contributed by atoms with Gasteiger partial charge >= 0.3 is 5.97 Å². The Morgan fingerprint density at radius 1 is 1.11 bits per heavy atom. The molecule has 3 nitrogen and oxygen atoms in total. The van der Waals surface area contributed by atoms with Crippen molar-refractivity contribution < 1.29 is 14.6 Å². The predicted octanol–water partition coefficient (Wildman–Crippen LogP) is 4.01. The summed E-state index contributed by atoms with van der Waals surface area (Å²) in [6.45, 7) is 3.51. The van der Waals surface area contributed by atoms with Crippen molar-refractivity contribution in [3.8, 4) is 0 Å². The standard InChI is InChI=1S/C15H28O3/c1-2-3-12-18-13-11-15(14(16)17)9-7-5-4-6-8-10-15/h2-13H2,1H3,(H,16,17). The summed E-state index contributed by atoms with van der Waals surface area (Å²) in [5.74, 6) is -0.608. The molecule has 3 heteroatoms. The Bertz CT molecular complexity index is 230. The van der Waals surface area contributed by atoms with Crippen LogP contribution in [-0.2, 0) is 9.53 Å². The molecule has 0 saturated heterocycles. The maximum absolute atomic E-state index is 11.6. The third-order valence-corrected chi connectivity index (χ3v) is 4.13. The summed E-state index contributed by atoms with van der Waals surface area (Å²) in [6.07, 6.45) is 10.3. The smallest absolute Gasteiger partial charge is 0.309 e. The van der Waals surface area contributed by atoms with Crippen molar-refractivity contribution in [1.29, 1.82) is 0 Å². The molecular formula is C15H28O3. The van der Waals surface area contributed by atoms with Gasteiger partial charge in [0, 0.05) is 13.2 Å². The van der Waals surface area contributed by atoms with Gasteiger partial charge in [-0.05, 0) is 25.7 Å². The average molecular weight is 256 g/mol. The van der Waals surface area contributed by atoms with Crippen LogP contribution >= 0.6 is 0 Å². The lowest BCUT2D eigenvalue weighted by molar-refractivity contribution is -0.151. The van der Waals surface area contributed by atoms with Crippen molar-refractivity contribution in [3.63, 3.8) is 0 Å². The molecule has 0 atom stereocenters. The molecule has 1 saturated carbocycles. The Morgan fingerprint density at radius 2 is 1.72 bits per heavy atom. The predicted molar refractivity (Wildman–Crippen MR) is 72.7 cm³/mol. The van der Waals surface area contributed by atoms with Gasteiger partial charge in [0.1, 0.15) is 0 Å². The number of hydrogen-bond donors (Lipinski definition) is 1. The minimum Gasteiger partial charge on any atom is -0.481 e. The topological polar surface area (TPSA) is 46.5 Å². The lowest BCUT2D eigenvalue weighted by Crippen LogP contribution is -2.33. The molecule has 0 unspecified atom stereocenters. The quantitative estimate of drug-likeness (QED) is 0.700. The Morgan fingerprint density at radius 3 is 2.28 bits per heavy atom. The lowest BCUT2D eigenvalue weighted by Gasteiger charge is -2.31. The molecule has 0 aromatic heterocycles. The summed E-state index contributed by atoms with van der Waals surface area (Å²) >= 11 is 0. The lowest BCUT2D eigenvalue weighted by atomic mass is 9.74. The molecule has 0 aliphatic heterocycles. The van der Waals surface area contributed by atoms with Crippen LogP contribution in [0.25, 0.3) is 0 Å². The maximum atomic E-state index is 11.6. The molecular weight excluding hydrogens is 228 g/mol. The van der Waals surface area contributed by atoms with Gasteiger partial charge in [-0.1, -0.05) is 45.4 Å². The van der Waals surface area contributed by atoms with Crippen molar-refractivity contribution in [2.75, 3.05) is 13.2 Å². The summed E-state index contributed by atoms with van der Waals surface area (Å²) in [5, 5.41) is 9.55. The van der Waals surface area contributed by atoms with E-state index in [1.807, 2.05) is 0 Å². The molecule has 106 valence electrons. The fraction of sp³-hybridized carbons (Fsp3) is 0.933. The fourth-order valence-corrected chi connectivity index (χ4v) is 2.77. The first-order chi connectivity index (χ1) is 8.71. The van der Waals surface area contributed by atoms with E-state index >= 15 is 0 Å². The number of carboxylic acid groups (broad SMARTS) is 1. The highest BCUT2D eigenvalue weighted by molar-refractivity contribution is 5.74. The van der Waals surface area contributed by atoms with E-state index in [4.69, 9.17) is 4.74 Å². The SMILES string of the molecule is CCCCOCCC1(C(=O)O)CCCCCCC1. The zero-order valence-corrected chi connectivity index (χ0v) is 11.7. The minimum atomic E-state index is -0.608. The van der Waals surface area contributed by atoms with Gasteiger partial charge in [0.15, 0.2) is 0 Å². The number of ether oxygens (including phenoxy) is 1. The van der Waals surface area contributed by atoms with Crippen LogP contribution in [0.4, 0.5) is 0 Å². The molecule has 1 N–H and O–H groups in total. The van der Waals surface area contributed by atoms with Gasteiger partial charge in [0.05, 0.1) is 5.41 Å². The monoisotopic (exact) mass is 256 g/mol. The molecule has 0 heterocycles. The minimum absolute atomic E-state index is 0.507. The van der Waals surface area contributed by atoms with E-state index in [0.717, 1.165) is 45.1 Å². The van der Waals surface area contributed by atoms with Gasteiger partial charge in [-0.2, -0.15) is 0 Å². The summed E-state index contributed by atoms with van der Waals surface area (Å²) in [5.41, 5.74) is -0.507. The van der Waals surface area contributed by atoms with E-state index in [9.17, 15) is 9.90 Å². The van der Waals surface area contributed by atoms with Crippen LogP contribution in [-0.4, -0.2) is 24.3 Å². The van der Waals surface area contributed by atoms with Crippen molar-refractivity contribution in [2.24, 2.45) is 5.41 Å². The van der Waals surface area contributed by atoms with E-state index in [2.05, 4.69) is 6.92 Å². The van der Waals surface area contributed by atoms with Crippen molar-refractivity contribution in [3.05, 3.63) is 0 Å². The van der Waals surface area contributed by atoms with E-state index in [0.29, 0.717) is 13.0 Å². The summed E-state index contributed by atoms with van der Waals surface area (Å²) in [6, 6.07) is 0. The number of carboxylic acids is 1. The maximum Gasteiger partial charge on any atom is 0.309 e. The molecule has 0 spiro atoms. The second-order valence-corrected chi connectivity index (χ2v) is 5.57. The van der Waals surface area contributed by atoms with Gasteiger partial charge in [0.25, 0.3) is 0 Å². The first kappa shape index (κ1) is 15.5. The van der Waals surface area contributed by atoms with Crippen molar-refractivity contribution in [2.45, 2.75) is 71.1 Å². The number of hydrogen-bond acceptors (Lipinski definition) is 2. The van der Waals surface area contributed by atoms with Crippen LogP contribution in [0, 0.1) is 5.41 Å². The van der Waals surface area contributed by atoms with Gasteiger partial charge < -0.3 is 9.84 Å². The molecule has 0 amide bonds. The van der Waals surface area contributed by atoms with Gasteiger partial charge in [0.2, 0.25) is 0 Å². The van der Waals surface area contributed by atoms with Crippen LogP contribution in [0.15, 0.2) is 0 Å². The van der Waals surface area contributed by atoms with Crippen LogP contribution in [0.3, 0.4) is 0 Å². The molecule has 1 aliphatic carbocycles. The van der Waals surface area contributed by atoms with Crippen molar-refractivity contribution >= 4 is 5.97 Å². The Balaban J connectivity index is 2.42. The molecule has 0 aromatic rings. The Hall–Kier alpha value is -0.570. The molecule has 0 bridgehead atoms. The first-order valence-corrected chi connectivity index (χ1v) is 7.52. The molecule has 1 rings (SSSR count). The van der Waals surface area contributed by atoms with E-state index in [1.165, 1.54) is 19.3 Å². The Kier molecular flexibility index (Phi) is 7.33. The van der Waals surface area contributed by atoms with E-state index in [1.54, 1.807) is 0 Å². The molecule has 0 radical (unpaired) electrons. The Labute approximate surface area is 111 Å². The second-order valence-electron chi connectivity index (χ2n) is 5.57. The van der Waals surface area contributed by atoms with Gasteiger partial charge in [-0.15, -0.1) is 0 Å². The number of unbranched alkanes of at least 4 members (excludes halogenated alkanes) is 1. The largest absolute Gasteiger partial charge is 0.481 e. The van der Waals surface area contributed by atoms with Gasteiger partial charge in [-0.25, -0.2) is 0 Å². The number of carbonyl (C=O) groups is 1.